The van der Waals surface area contributed by atoms with Crippen LogP contribution < -0.4 is 15.8 Å². The Bertz CT molecular complexity index is 951. The van der Waals surface area contributed by atoms with Gasteiger partial charge in [0.2, 0.25) is 5.91 Å². The second kappa shape index (κ2) is 12.4. The van der Waals surface area contributed by atoms with Gasteiger partial charge in [0.15, 0.2) is 6.61 Å². The molecule has 2 aromatic rings. The lowest BCUT2D eigenvalue weighted by molar-refractivity contribution is -0.137. The van der Waals surface area contributed by atoms with Gasteiger partial charge >= 0.3 is 6.18 Å². The summed E-state index contributed by atoms with van der Waals surface area (Å²) < 4.78 is 55.2. The number of amides is 2. The normalized spacial score (nSPS) is 14.1. The van der Waals surface area contributed by atoms with Crippen molar-refractivity contribution in [1.82, 2.24) is 10.3 Å². The highest BCUT2D eigenvalue weighted by atomic mass is 35.5. The van der Waals surface area contributed by atoms with Gasteiger partial charge in [0.25, 0.3) is 5.91 Å². The third-order valence-electron chi connectivity index (χ3n) is 4.84. The molecule has 1 saturated carbocycles. The molecule has 2 amide bonds. The molecule has 180 valence electrons. The number of alkyl halides is 3. The average molecular weight is 490 g/mol. The van der Waals surface area contributed by atoms with Crippen molar-refractivity contribution in [3.05, 3.63) is 58.6 Å². The molecule has 11 heteroatoms. The first-order chi connectivity index (χ1) is 15.6. The van der Waals surface area contributed by atoms with Crippen LogP contribution in [0.25, 0.3) is 0 Å². The lowest BCUT2D eigenvalue weighted by atomic mass is 9.89. The first-order valence-electron chi connectivity index (χ1n) is 10.2. The van der Waals surface area contributed by atoms with Crippen molar-refractivity contribution in [3.8, 4) is 5.75 Å². The minimum atomic E-state index is -4.38. The Morgan fingerprint density at radius 2 is 1.85 bits per heavy atom. The number of halogens is 5. The van der Waals surface area contributed by atoms with Crippen LogP contribution >= 0.6 is 11.6 Å². The van der Waals surface area contributed by atoms with E-state index in [0.29, 0.717) is 0 Å². The molecule has 0 aliphatic heterocycles. The fourth-order valence-electron chi connectivity index (χ4n) is 3.16. The van der Waals surface area contributed by atoms with Crippen molar-refractivity contribution in [1.29, 1.82) is 0 Å². The monoisotopic (exact) mass is 489 g/mol. The zero-order valence-electron chi connectivity index (χ0n) is 17.6. The van der Waals surface area contributed by atoms with E-state index >= 15 is 0 Å². The van der Waals surface area contributed by atoms with Crippen LogP contribution in [0.5, 0.6) is 5.75 Å². The molecule has 1 aliphatic carbocycles. The molecule has 0 atom stereocenters. The molecule has 0 unspecified atom stereocenters. The molecule has 0 bridgehead atoms. The molecule has 0 saturated heterocycles. The van der Waals surface area contributed by atoms with Crippen LogP contribution in [0, 0.1) is 11.7 Å². The largest absolute Gasteiger partial charge is 0.484 e. The van der Waals surface area contributed by atoms with Crippen molar-refractivity contribution in [2.45, 2.75) is 44.8 Å². The highest BCUT2D eigenvalue weighted by molar-refractivity contribution is 6.30. The summed E-state index contributed by atoms with van der Waals surface area (Å²) in [4.78, 5) is 26.0. The SMILES string of the molecule is NC(=O)COc1ccc(Cl)c(F)c1.O=C(NCc1cc(C(F)(F)F)ccn1)C1CCCCC1. The zero-order chi connectivity index (χ0) is 24.4. The second-order valence-corrected chi connectivity index (χ2v) is 7.82. The Balaban J connectivity index is 0.000000257. The van der Waals surface area contributed by atoms with Gasteiger partial charge in [-0.1, -0.05) is 30.9 Å². The van der Waals surface area contributed by atoms with E-state index < -0.39 is 23.5 Å². The molecule has 0 spiro atoms. The number of nitrogens with one attached hydrogen (secondary N) is 1. The molecule has 1 aliphatic rings. The van der Waals surface area contributed by atoms with Crippen LogP contribution in [0.15, 0.2) is 36.5 Å². The fourth-order valence-corrected chi connectivity index (χ4v) is 3.28. The third kappa shape index (κ3) is 9.25. The molecular weight excluding hydrogens is 466 g/mol. The quantitative estimate of drug-likeness (QED) is 0.578. The molecule has 0 radical (unpaired) electrons. The van der Waals surface area contributed by atoms with Crippen molar-refractivity contribution >= 4 is 23.4 Å². The van der Waals surface area contributed by atoms with E-state index in [9.17, 15) is 27.2 Å². The number of pyridine rings is 1. The molecule has 6 nitrogen and oxygen atoms in total. The van der Waals surface area contributed by atoms with Crippen molar-refractivity contribution < 1.29 is 31.9 Å². The minimum absolute atomic E-state index is 0.00505. The molecule has 3 N–H and O–H groups in total. The number of rotatable bonds is 6. The van der Waals surface area contributed by atoms with Gasteiger partial charge < -0.3 is 15.8 Å². The number of hydrogen-bond donors (Lipinski definition) is 2. The van der Waals surface area contributed by atoms with Gasteiger partial charge in [0.05, 0.1) is 22.8 Å². The smallest absolute Gasteiger partial charge is 0.416 e. The Morgan fingerprint density at radius 3 is 2.45 bits per heavy atom. The maximum atomic E-state index is 12.8. The molecule has 3 rings (SSSR count). The number of aromatic nitrogens is 1. The Hall–Kier alpha value is -2.88. The van der Waals surface area contributed by atoms with Crippen molar-refractivity contribution in [3.63, 3.8) is 0 Å². The Labute approximate surface area is 193 Å². The summed E-state index contributed by atoms with van der Waals surface area (Å²) in [6, 6.07) is 5.78. The molecule has 1 aromatic heterocycles. The summed E-state index contributed by atoms with van der Waals surface area (Å²) in [6.07, 6.45) is 1.69. The predicted octanol–water partition coefficient (Wildman–Crippen LogP) is 4.64. The summed E-state index contributed by atoms with van der Waals surface area (Å²) in [5.74, 6) is -1.07. The molecule has 33 heavy (non-hydrogen) atoms. The average Bonchev–Trinajstić information content (AvgIpc) is 2.79. The molecular formula is C22H24ClF4N3O3. The van der Waals surface area contributed by atoms with Crippen LogP contribution in [0.2, 0.25) is 5.02 Å². The first kappa shape index (κ1) is 26.4. The van der Waals surface area contributed by atoms with Gasteiger partial charge in [-0.05, 0) is 37.1 Å². The van der Waals surface area contributed by atoms with E-state index in [2.05, 4.69) is 10.3 Å². The van der Waals surface area contributed by atoms with Gasteiger partial charge in [0, 0.05) is 18.2 Å². The lowest BCUT2D eigenvalue weighted by Crippen LogP contribution is -2.31. The number of primary amides is 1. The van der Waals surface area contributed by atoms with E-state index in [0.717, 1.165) is 56.5 Å². The molecule has 1 heterocycles. The van der Waals surface area contributed by atoms with Gasteiger partial charge in [-0.25, -0.2) is 4.39 Å². The van der Waals surface area contributed by atoms with Crippen molar-refractivity contribution in [2.75, 3.05) is 6.61 Å². The van der Waals surface area contributed by atoms with Gasteiger partial charge in [0.1, 0.15) is 11.6 Å². The second-order valence-electron chi connectivity index (χ2n) is 7.42. The zero-order valence-corrected chi connectivity index (χ0v) is 18.4. The van der Waals surface area contributed by atoms with E-state index in [1.807, 2.05) is 0 Å². The van der Waals surface area contributed by atoms with Gasteiger partial charge in [-0.3, -0.25) is 14.6 Å². The third-order valence-corrected chi connectivity index (χ3v) is 5.14. The highest BCUT2D eigenvalue weighted by Crippen LogP contribution is 2.29. The Morgan fingerprint density at radius 1 is 1.15 bits per heavy atom. The summed E-state index contributed by atoms with van der Waals surface area (Å²) >= 11 is 5.42. The van der Waals surface area contributed by atoms with Gasteiger partial charge in [-0.15, -0.1) is 0 Å². The Kier molecular flexibility index (Phi) is 9.90. The summed E-state index contributed by atoms with van der Waals surface area (Å²) in [5, 5.41) is 2.68. The topological polar surface area (TPSA) is 94.3 Å². The van der Waals surface area contributed by atoms with E-state index in [1.54, 1.807) is 0 Å². The number of nitrogens with two attached hydrogens (primary N) is 1. The van der Waals surface area contributed by atoms with Crippen LogP contribution in [0.1, 0.15) is 43.4 Å². The fraction of sp³-hybridized carbons (Fsp3) is 0.409. The van der Waals surface area contributed by atoms with Crippen LogP contribution in [0.4, 0.5) is 17.6 Å². The predicted molar refractivity (Wildman–Crippen MR) is 114 cm³/mol. The molecule has 1 fully saturated rings. The summed E-state index contributed by atoms with van der Waals surface area (Å²) in [7, 11) is 0. The maximum Gasteiger partial charge on any atom is 0.416 e. The minimum Gasteiger partial charge on any atom is -0.484 e. The van der Waals surface area contributed by atoms with E-state index in [-0.39, 0.29) is 41.4 Å². The number of benzene rings is 1. The van der Waals surface area contributed by atoms with E-state index in [1.165, 1.54) is 12.1 Å². The summed E-state index contributed by atoms with van der Waals surface area (Å²) in [6.45, 7) is -0.236. The van der Waals surface area contributed by atoms with E-state index in [4.69, 9.17) is 22.1 Å². The van der Waals surface area contributed by atoms with Crippen LogP contribution in [0.3, 0.4) is 0 Å². The lowest BCUT2D eigenvalue weighted by Gasteiger charge is -2.20. The first-order valence-corrected chi connectivity index (χ1v) is 10.6. The number of carbonyl (C=O) groups is 2. The number of nitrogens with zero attached hydrogens (tertiary/aromatic N) is 1. The van der Waals surface area contributed by atoms with Crippen molar-refractivity contribution in [2.24, 2.45) is 11.7 Å². The summed E-state index contributed by atoms with van der Waals surface area (Å²) in [5.41, 5.74) is 4.31. The van der Waals surface area contributed by atoms with Gasteiger partial charge in [-0.2, -0.15) is 13.2 Å². The number of ether oxygens (including phenoxy) is 1. The number of carbonyl (C=O) groups excluding carboxylic acids is 2. The standard InChI is InChI=1S/C14H17F3N2O.C8H7ClFNO2/c15-14(16,17)11-6-7-18-12(8-11)9-19-13(20)10-4-2-1-3-5-10;9-6-2-1-5(3-7(6)10)13-4-8(11)12/h6-8,10H,1-5,9H2,(H,19,20);1-3H,4H2,(H2,11,12). The maximum absolute atomic E-state index is 12.8. The number of hydrogen-bond acceptors (Lipinski definition) is 4. The highest BCUT2D eigenvalue weighted by Gasteiger charge is 2.30. The van der Waals surface area contributed by atoms with Crippen LogP contribution in [-0.2, 0) is 22.3 Å². The molecule has 1 aromatic carbocycles. The van der Waals surface area contributed by atoms with Crippen LogP contribution in [-0.4, -0.2) is 23.4 Å².